The lowest BCUT2D eigenvalue weighted by atomic mass is 10.0. The van der Waals surface area contributed by atoms with Gasteiger partial charge in [-0.15, -0.1) is 0 Å². The Hall–Kier alpha value is -0.860. The molecule has 0 saturated carbocycles. The highest BCUT2D eigenvalue weighted by Gasteiger charge is 2.14. The number of hydrogen-bond donors (Lipinski definition) is 0. The molecule has 1 heterocycles. The zero-order chi connectivity index (χ0) is 12.5. The fraction of sp³-hybridized carbons (Fsp3) is 0.600. The molecule has 0 spiro atoms. The van der Waals surface area contributed by atoms with Crippen LogP contribution in [0.25, 0.3) is 0 Å². The van der Waals surface area contributed by atoms with E-state index in [9.17, 15) is 0 Å². The summed E-state index contributed by atoms with van der Waals surface area (Å²) < 4.78 is 5.35. The van der Waals surface area contributed by atoms with E-state index in [1.807, 2.05) is 13.8 Å². The maximum Gasteiger partial charge on any atom is 0.0594 e. The van der Waals surface area contributed by atoms with Crippen LogP contribution in [0.5, 0.6) is 0 Å². The summed E-state index contributed by atoms with van der Waals surface area (Å²) in [5.74, 6) is 0.615. The van der Waals surface area contributed by atoms with Gasteiger partial charge in [-0.1, -0.05) is 51.1 Å². The van der Waals surface area contributed by atoms with Gasteiger partial charge in [0.05, 0.1) is 13.2 Å². The van der Waals surface area contributed by atoms with Crippen molar-refractivity contribution in [3.8, 4) is 0 Å². The third-order valence-electron chi connectivity index (χ3n) is 3.00. The molecule has 0 bridgehead atoms. The quantitative estimate of drug-likeness (QED) is 0.798. The topological polar surface area (TPSA) is 12.5 Å². The van der Waals surface area contributed by atoms with Gasteiger partial charge < -0.3 is 4.74 Å². The zero-order valence-corrected chi connectivity index (χ0v) is 11.4. The van der Waals surface area contributed by atoms with E-state index in [-0.39, 0.29) is 0 Å². The van der Waals surface area contributed by atoms with Crippen LogP contribution in [0.2, 0.25) is 0 Å². The predicted molar refractivity (Wildman–Crippen MR) is 73.5 cm³/mol. The molecule has 0 N–H and O–H groups in total. The van der Waals surface area contributed by atoms with Crippen LogP contribution >= 0.6 is 0 Å². The molecule has 1 aliphatic rings. The Morgan fingerprint density at radius 3 is 2.29 bits per heavy atom. The number of rotatable bonds is 3. The van der Waals surface area contributed by atoms with Gasteiger partial charge in [0.25, 0.3) is 0 Å². The molecule has 0 aliphatic carbocycles. The Bertz CT molecular complexity index is 280. The average molecular weight is 235 g/mol. The fourth-order valence-corrected chi connectivity index (χ4v) is 2.06. The Balaban J connectivity index is 0.000000686. The van der Waals surface area contributed by atoms with Crippen molar-refractivity contribution in [3.63, 3.8) is 0 Å². The van der Waals surface area contributed by atoms with Crippen LogP contribution in [0.3, 0.4) is 0 Å². The minimum atomic E-state index is 0.615. The molecule has 0 radical (unpaired) electrons. The van der Waals surface area contributed by atoms with Crippen molar-refractivity contribution in [2.75, 3.05) is 32.8 Å². The largest absolute Gasteiger partial charge is 0.379 e. The Labute approximate surface area is 106 Å². The maximum atomic E-state index is 5.35. The van der Waals surface area contributed by atoms with Crippen molar-refractivity contribution < 1.29 is 4.74 Å². The summed E-state index contributed by atoms with van der Waals surface area (Å²) in [6, 6.07) is 10.7. The van der Waals surface area contributed by atoms with Crippen LogP contribution in [0.1, 0.15) is 32.3 Å². The van der Waals surface area contributed by atoms with Crippen molar-refractivity contribution in [1.82, 2.24) is 4.90 Å². The molecule has 1 atom stereocenters. The molecule has 2 nitrogen and oxygen atoms in total. The van der Waals surface area contributed by atoms with Crippen molar-refractivity contribution in [2.24, 2.45) is 0 Å². The second-order valence-electron chi connectivity index (χ2n) is 4.22. The van der Waals surface area contributed by atoms with Gasteiger partial charge in [0.2, 0.25) is 0 Å². The molecule has 1 saturated heterocycles. The van der Waals surface area contributed by atoms with Crippen LogP contribution < -0.4 is 0 Å². The number of benzene rings is 1. The van der Waals surface area contributed by atoms with Crippen LogP contribution in [-0.4, -0.2) is 37.7 Å². The third kappa shape index (κ3) is 4.88. The molecule has 2 heteroatoms. The lowest BCUT2D eigenvalue weighted by molar-refractivity contribution is 0.0357. The van der Waals surface area contributed by atoms with E-state index in [4.69, 9.17) is 4.74 Å². The standard InChI is InChI=1S/C13H19NO.C2H6/c1-12(13-5-3-2-4-6-13)11-14-7-9-15-10-8-14;1-2/h2-6,12H,7-11H2,1H3;1-2H3. The van der Waals surface area contributed by atoms with E-state index in [1.165, 1.54) is 5.56 Å². The molecular formula is C15H25NO. The molecule has 17 heavy (non-hydrogen) atoms. The Morgan fingerprint density at radius 2 is 1.71 bits per heavy atom. The molecule has 0 aromatic heterocycles. The third-order valence-corrected chi connectivity index (χ3v) is 3.00. The van der Waals surface area contributed by atoms with Gasteiger partial charge in [-0.2, -0.15) is 0 Å². The predicted octanol–water partition coefficient (Wildman–Crippen LogP) is 3.15. The van der Waals surface area contributed by atoms with Gasteiger partial charge in [-0.3, -0.25) is 4.90 Å². The number of ether oxygens (including phenoxy) is 1. The van der Waals surface area contributed by atoms with Gasteiger partial charge in [0, 0.05) is 19.6 Å². The summed E-state index contributed by atoms with van der Waals surface area (Å²) in [5.41, 5.74) is 1.43. The Morgan fingerprint density at radius 1 is 1.12 bits per heavy atom. The lowest BCUT2D eigenvalue weighted by Gasteiger charge is -2.29. The van der Waals surface area contributed by atoms with E-state index in [0.29, 0.717) is 5.92 Å². The zero-order valence-electron chi connectivity index (χ0n) is 11.4. The molecule has 2 rings (SSSR count). The summed E-state index contributed by atoms with van der Waals surface area (Å²) in [4.78, 5) is 2.49. The summed E-state index contributed by atoms with van der Waals surface area (Å²) in [6.45, 7) is 11.4. The van der Waals surface area contributed by atoms with E-state index in [1.54, 1.807) is 0 Å². The van der Waals surface area contributed by atoms with Crippen LogP contribution in [0.15, 0.2) is 30.3 Å². The van der Waals surface area contributed by atoms with Crippen LogP contribution in [-0.2, 0) is 4.74 Å². The first kappa shape index (κ1) is 14.2. The van der Waals surface area contributed by atoms with Crippen molar-refractivity contribution in [3.05, 3.63) is 35.9 Å². The smallest absolute Gasteiger partial charge is 0.0594 e. The van der Waals surface area contributed by atoms with E-state index >= 15 is 0 Å². The summed E-state index contributed by atoms with van der Waals surface area (Å²) in [5, 5.41) is 0. The highest BCUT2D eigenvalue weighted by atomic mass is 16.5. The van der Waals surface area contributed by atoms with E-state index < -0.39 is 0 Å². The van der Waals surface area contributed by atoms with E-state index in [0.717, 1.165) is 32.8 Å². The van der Waals surface area contributed by atoms with Crippen LogP contribution in [0, 0.1) is 0 Å². The SMILES string of the molecule is CC.CC(CN1CCOCC1)c1ccccc1. The van der Waals surface area contributed by atoms with Gasteiger partial charge >= 0.3 is 0 Å². The monoisotopic (exact) mass is 235 g/mol. The first-order valence-electron chi connectivity index (χ1n) is 6.71. The van der Waals surface area contributed by atoms with Crippen molar-refractivity contribution in [2.45, 2.75) is 26.7 Å². The maximum absolute atomic E-state index is 5.35. The average Bonchev–Trinajstić information content (AvgIpc) is 2.43. The highest BCUT2D eigenvalue weighted by molar-refractivity contribution is 5.19. The molecule has 0 amide bonds. The summed E-state index contributed by atoms with van der Waals surface area (Å²) in [6.07, 6.45) is 0. The second kappa shape index (κ2) is 8.26. The Kier molecular flexibility index (Phi) is 6.90. The van der Waals surface area contributed by atoms with Crippen molar-refractivity contribution >= 4 is 0 Å². The van der Waals surface area contributed by atoms with Gasteiger partial charge in [-0.05, 0) is 11.5 Å². The molecule has 1 aliphatic heterocycles. The first-order valence-corrected chi connectivity index (χ1v) is 6.71. The number of morpholine rings is 1. The number of hydrogen-bond acceptors (Lipinski definition) is 2. The molecular weight excluding hydrogens is 210 g/mol. The van der Waals surface area contributed by atoms with Gasteiger partial charge in [-0.25, -0.2) is 0 Å². The fourth-order valence-electron chi connectivity index (χ4n) is 2.06. The molecule has 1 unspecified atom stereocenters. The minimum Gasteiger partial charge on any atom is -0.379 e. The number of nitrogens with zero attached hydrogens (tertiary/aromatic N) is 1. The minimum absolute atomic E-state index is 0.615. The van der Waals surface area contributed by atoms with Gasteiger partial charge in [0.15, 0.2) is 0 Å². The molecule has 1 aromatic carbocycles. The second-order valence-corrected chi connectivity index (χ2v) is 4.22. The molecule has 1 aromatic rings. The molecule has 96 valence electrons. The summed E-state index contributed by atoms with van der Waals surface area (Å²) >= 11 is 0. The highest BCUT2D eigenvalue weighted by Crippen LogP contribution is 2.16. The lowest BCUT2D eigenvalue weighted by Crippen LogP contribution is -2.38. The molecule has 1 fully saturated rings. The van der Waals surface area contributed by atoms with E-state index in [2.05, 4.69) is 42.2 Å². The van der Waals surface area contributed by atoms with Crippen molar-refractivity contribution in [1.29, 1.82) is 0 Å². The summed E-state index contributed by atoms with van der Waals surface area (Å²) in [7, 11) is 0. The van der Waals surface area contributed by atoms with Gasteiger partial charge in [0.1, 0.15) is 0 Å². The normalized spacial score (nSPS) is 18.1. The van der Waals surface area contributed by atoms with Crippen LogP contribution in [0.4, 0.5) is 0 Å². The first-order chi connectivity index (χ1) is 8.36.